The molecule has 2 fully saturated rings. The van der Waals surface area contributed by atoms with Crippen LogP contribution in [0.4, 0.5) is 5.95 Å². The number of fused-ring (bicyclic) bond motifs is 1. The molecule has 2 saturated heterocycles. The molecule has 37 heavy (non-hydrogen) atoms. The van der Waals surface area contributed by atoms with E-state index in [1.165, 1.54) is 0 Å². The molecule has 10 heteroatoms. The van der Waals surface area contributed by atoms with Crippen molar-refractivity contribution in [1.29, 1.82) is 0 Å². The quantitative estimate of drug-likeness (QED) is 0.467. The van der Waals surface area contributed by atoms with Crippen molar-refractivity contribution in [3.05, 3.63) is 71.5 Å². The highest BCUT2D eigenvalue weighted by molar-refractivity contribution is 5.99. The van der Waals surface area contributed by atoms with Crippen LogP contribution in [0.3, 0.4) is 0 Å². The fraction of sp³-hybridized carbons (Fsp3) is 0.333. The summed E-state index contributed by atoms with van der Waals surface area (Å²) in [5, 5.41) is 15.8. The van der Waals surface area contributed by atoms with Gasteiger partial charge in [-0.25, -0.2) is 9.97 Å². The van der Waals surface area contributed by atoms with Gasteiger partial charge in [0.25, 0.3) is 5.91 Å². The Balaban J connectivity index is 1.26. The maximum absolute atomic E-state index is 13.2. The van der Waals surface area contributed by atoms with Gasteiger partial charge in [0.15, 0.2) is 6.35 Å². The Morgan fingerprint density at radius 2 is 1.78 bits per heavy atom. The number of carbonyl (C=O) groups excluding carboxylic acids is 2. The minimum Gasteiger partial charge on any atom is -0.497 e. The van der Waals surface area contributed by atoms with Crippen LogP contribution in [-0.4, -0.2) is 64.9 Å². The Morgan fingerprint density at radius 3 is 2.43 bits per heavy atom. The Bertz CT molecular complexity index is 1340. The number of nitrogens with zero attached hydrogens (tertiary/aromatic N) is 4. The van der Waals surface area contributed by atoms with Gasteiger partial charge in [-0.15, -0.1) is 0 Å². The molecule has 190 valence electrons. The van der Waals surface area contributed by atoms with E-state index in [1.54, 1.807) is 18.1 Å². The molecule has 1 aromatic heterocycles. The summed E-state index contributed by atoms with van der Waals surface area (Å²) in [5.74, 6) is 0.763. The van der Waals surface area contributed by atoms with Gasteiger partial charge in [-0.2, -0.15) is 0 Å². The summed E-state index contributed by atoms with van der Waals surface area (Å²) < 4.78 is 5.27. The van der Waals surface area contributed by atoms with Crippen LogP contribution in [0.25, 0.3) is 11.1 Å². The van der Waals surface area contributed by atoms with Crippen molar-refractivity contribution in [3.8, 4) is 16.9 Å². The van der Waals surface area contributed by atoms with E-state index in [9.17, 15) is 14.7 Å². The summed E-state index contributed by atoms with van der Waals surface area (Å²) in [4.78, 5) is 39.3. The van der Waals surface area contributed by atoms with Gasteiger partial charge in [-0.1, -0.05) is 30.3 Å². The topological polar surface area (TPSA) is 120 Å². The molecule has 6 rings (SSSR count). The number of hydrogen-bond acceptors (Lipinski definition) is 8. The van der Waals surface area contributed by atoms with Crippen LogP contribution in [0.1, 0.15) is 34.3 Å². The second kappa shape index (κ2) is 9.13. The molecular weight excluding hydrogens is 472 g/mol. The first-order chi connectivity index (χ1) is 18.0. The third-order valence-corrected chi connectivity index (χ3v) is 7.40. The number of hydrogen-bond donors (Lipinski definition) is 3. The first-order valence-corrected chi connectivity index (χ1v) is 12.4. The number of carbonyl (C=O) groups is 2. The van der Waals surface area contributed by atoms with Crippen molar-refractivity contribution < 1.29 is 19.4 Å². The number of rotatable bonds is 6. The van der Waals surface area contributed by atoms with Gasteiger partial charge in [-0.3, -0.25) is 14.9 Å². The van der Waals surface area contributed by atoms with Crippen LogP contribution < -0.4 is 20.3 Å². The van der Waals surface area contributed by atoms with Crippen molar-refractivity contribution in [2.24, 2.45) is 0 Å². The van der Waals surface area contributed by atoms with Gasteiger partial charge < -0.3 is 25.0 Å². The predicted molar refractivity (Wildman–Crippen MR) is 136 cm³/mol. The Labute approximate surface area is 214 Å². The Morgan fingerprint density at radius 1 is 1.05 bits per heavy atom. The lowest BCUT2D eigenvalue weighted by Crippen LogP contribution is -2.53. The predicted octanol–water partition coefficient (Wildman–Crippen LogP) is 1.60. The van der Waals surface area contributed by atoms with Crippen LogP contribution in [0.5, 0.6) is 5.75 Å². The molecule has 2 unspecified atom stereocenters. The molecule has 2 amide bonds. The smallest absolute Gasteiger partial charge is 0.254 e. The van der Waals surface area contributed by atoms with E-state index >= 15 is 0 Å². The zero-order valence-corrected chi connectivity index (χ0v) is 20.5. The van der Waals surface area contributed by atoms with Crippen molar-refractivity contribution in [2.45, 2.75) is 31.3 Å². The zero-order valence-electron chi connectivity index (χ0n) is 20.5. The number of amides is 2. The molecule has 3 N–H and O–H groups in total. The molecule has 3 aromatic rings. The van der Waals surface area contributed by atoms with E-state index in [-0.39, 0.29) is 12.5 Å². The standard InChI is InChI=1S/C27H28N6O4/c1-37-21-9-6-18-15-33(23(34)22(18)12-21)16-27(24(35)30-26(36)31-27)20-7-4-17(5-8-20)19-13-28-25(29-14-19)32-10-2-3-11-32/h4-9,12-14,26,31,36H,2-3,10-11,15-16H2,1H3,(H,30,35). The average molecular weight is 501 g/mol. The van der Waals surface area contributed by atoms with E-state index in [0.29, 0.717) is 23.4 Å². The number of aliphatic hydroxyl groups is 1. The lowest BCUT2D eigenvalue weighted by Gasteiger charge is -2.32. The molecule has 0 bridgehead atoms. The van der Waals surface area contributed by atoms with Gasteiger partial charge in [0, 0.05) is 43.2 Å². The second-order valence-corrected chi connectivity index (χ2v) is 9.65. The zero-order chi connectivity index (χ0) is 25.6. The average Bonchev–Trinajstić information content (AvgIpc) is 3.63. The van der Waals surface area contributed by atoms with Gasteiger partial charge in [0.1, 0.15) is 11.3 Å². The van der Waals surface area contributed by atoms with E-state index in [2.05, 4.69) is 25.5 Å². The minimum absolute atomic E-state index is 0.0543. The number of anilines is 1. The molecule has 0 saturated carbocycles. The summed E-state index contributed by atoms with van der Waals surface area (Å²) in [6.07, 6.45) is 4.72. The molecule has 3 aliphatic rings. The lowest BCUT2D eigenvalue weighted by atomic mass is 9.88. The normalized spacial score (nSPS) is 22.9. The van der Waals surface area contributed by atoms with E-state index in [1.807, 2.05) is 48.8 Å². The molecule has 4 heterocycles. The molecular formula is C27H28N6O4. The number of ether oxygens (including phenoxy) is 1. The SMILES string of the molecule is COc1ccc2c(c1)C(=O)N(CC1(c3ccc(-c4cnc(N5CCCC5)nc4)cc3)NC(O)NC1=O)C2. The fourth-order valence-corrected chi connectivity index (χ4v) is 5.38. The van der Waals surface area contributed by atoms with Crippen LogP contribution in [-0.2, 0) is 16.9 Å². The van der Waals surface area contributed by atoms with Crippen molar-refractivity contribution >= 4 is 17.8 Å². The van der Waals surface area contributed by atoms with Crippen molar-refractivity contribution in [2.75, 3.05) is 31.6 Å². The molecule has 0 spiro atoms. The first kappa shape index (κ1) is 23.4. The van der Waals surface area contributed by atoms with Gasteiger partial charge in [-0.05, 0) is 41.7 Å². The van der Waals surface area contributed by atoms with Crippen LogP contribution in [0.15, 0.2) is 54.9 Å². The highest BCUT2D eigenvalue weighted by Crippen LogP contribution is 2.33. The summed E-state index contributed by atoms with van der Waals surface area (Å²) in [5.41, 5.74) is 2.53. The largest absolute Gasteiger partial charge is 0.497 e. The van der Waals surface area contributed by atoms with Gasteiger partial charge in [0.05, 0.1) is 13.7 Å². The third-order valence-electron chi connectivity index (χ3n) is 7.40. The van der Waals surface area contributed by atoms with E-state index < -0.39 is 17.8 Å². The number of nitrogens with one attached hydrogen (secondary N) is 2. The van der Waals surface area contributed by atoms with Crippen LogP contribution in [0, 0.1) is 0 Å². The Hall–Kier alpha value is -4.02. The molecule has 0 radical (unpaired) electrons. The van der Waals surface area contributed by atoms with E-state index in [0.717, 1.165) is 48.6 Å². The number of aliphatic hydroxyl groups excluding tert-OH is 1. The van der Waals surface area contributed by atoms with E-state index in [4.69, 9.17) is 4.74 Å². The molecule has 3 aliphatic heterocycles. The monoisotopic (exact) mass is 500 g/mol. The highest BCUT2D eigenvalue weighted by atomic mass is 16.5. The summed E-state index contributed by atoms with van der Waals surface area (Å²) in [7, 11) is 1.56. The molecule has 2 aromatic carbocycles. The molecule has 10 nitrogen and oxygen atoms in total. The third kappa shape index (κ3) is 4.08. The van der Waals surface area contributed by atoms with Gasteiger partial charge >= 0.3 is 0 Å². The number of aromatic nitrogens is 2. The second-order valence-electron chi connectivity index (χ2n) is 9.65. The van der Waals surface area contributed by atoms with Crippen LogP contribution in [0.2, 0.25) is 0 Å². The summed E-state index contributed by atoms with van der Waals surface area (Å²) in [6, 6.07) is 12.9. The highest BCUT2D eigenvalue weighted by Gasteiger charge is 2.50. The summed E-state index contributed by atoms with van der Waals surface area (Å²) >= 11 is 0. The van der Waals surface area contributed by atoms with Crippen LogP contribution >= 0.6 is 0 Å². The minimum atomic E-state index is -1.31. The molecule has 0 aliphatic carbocycles. The van der Waals surface area contributed by atoms with Crippen molar-refractivity contribution in [1.82, 2.24) is 25.5 Å². The number of benzene rings is 2. The lowest BCUT2D eigenvalue weighted by molar-refractivity contribution is -0.125. The summed E-state index contributed by atoms with van der Waals surface area (Å²) in [6.45, 7) is 2.38. The molecule has 2 atom stereocenters. The first-order valence-electron chi connectivity index (χ1n) is 12.4. The van der Waals surface area contributed by atoms with Gasteiger partial charge in [0.2, 0.25) is 11.9 Å². The van der Waals surface area contributed by atoms with Crippen molar-refractivity contribution in [3.63, 3.8) is 0 Å². The Kier molecular flexibility index (Phi) is 5.77. The number of methoxy groups -OCH3 is 1. The maximum Gasteiger partial charge on any atom is 0.254 e. The fourth-order valence-electron chi connectivity index (χ4n) is 5.38. The maximum atomic E-state index is 13.2.